The summed E-state index contributed by atoms with van der Waals surface area (Å²) < 4.78 is 54.7. The van der Waals surface area contributed by atoms with E-state index in [9.17, 15) is 18.0 Å². The molecule has 1 aromatic carbocycles. The first-order valence-corrected chi connectivity index (χ1v) is 8.04. The highest BCUT2D eigenvalue weighted by Crippen LogP contribution is 2.36. The molecule has 27 heavy (non-hydrogen) atoms. The minimum atomic E-state index is -4.56. The SMILES string of the molecule is COc1cccc(C(=O)N2CC(Oc3ncccc3C(F)(F)F)C2)c1OC. The topological polar surface area (TPSA) is 60.9 Å². The van der Waals surface area contributed by atoms with Crippen LogP contribution in [0.25, 0.3) is 0 Å². The fourth-order valence-corrected chi connectivity index (χ4v) is 2.76. The van der Waals surface area contributed by atoms with Crippen LogP contribution in [0, 0.1) is 0 Å². The lowest BCUT2D eigenvalue weighted by molar-refractivity contribution is -0.140. The van der Waals surface area contributed by atoms with Gasteiger partial charge in [-0.25, -0.2) is 4.98 Å². The van der Waals surface area contributed by atoms with E-state index in [2.05, 4.69) is 4.98 Å². The largest absolute Gasteiger partial charge is 0.493 e. The number of pyridine rings is 1. The number of amides is 1. The Morgan fingerprint density at radius 2 is 1.89 bits per heavy atom. The van der Waals surface area contributed by atoms with Crippen LogP contribution in [0.5, 0.6) is 17.4 Å². The summed E-state index contributed by atoms with van der Waals surface area (Å²) in [6.45, 7) is 0.292. The van der Waals surface area contributed by atoms with Gasteiger partial charge in [0.2, 0.25) is 5.88 Å². The van der Waals surface area contributed by atoms with Gasteiger partial charge >= 0.3 is 6.18 Å². The molecular weight excluding hydrogens is 365 g/mol. The average Bonchev–Trinajstić information content (AvgIpc) is 2.62. The van der Waals surface area contributed by atoms with E-state index in [0.717, 1.165) is 6.07 Å². The van der Waals surface area contributed by atoms with Gasteiger partial charge in [-0.15, -0.1) is 0 Å². The molecule has 6 nitrogen and oxygen atoms in total. The Balaban J connectivity index is 1.68. The van der Waals surface area contributed by atoms with E-state index in [-0.39, 0.29) is 19.0 Å². The van der Waals surface area contributed by atoms with Crippen molar-refractivity contribution in [2.24, 2.45) is 0 Å². The number of hydrogen-bond acceptors (Lipinski definition) is 5. The lowest BCUT2D eigenvalue weighted by Crippen LogP contribution is -2.56. The Hall–Kier alpha value is -2.97. The van der Waals surface area contributed by atoms with Crippen molar-refractivity contribution in [3.05, 3.63) is 47.7 Å². The molecule has 0 N–H and O–H groups in total. The van der Waals surface area contributed by atoms with E-state index >= 15 is 0 Å². The van der Waals surface area contributed by atoms with Crippen LogP contribution in [-0.2, 0) is 6.18 Å². The molecule has 0 saturated carbocycles. The third kappa shape index (κ3) is 3.76. The van der Waals surface area contributed by atoms with Crippen LogP contribution in [0.15, 0.2) is 36.5 Å². The average molecular weight is 382 g/mol. The maximum atomic E-state index is 13.0. The van der Waals surface area contributed by atoms with Gasteiger partial charge in [-0.2, -0.15) is 13.2 Å². The fourth-order valence-electron chi connectivity index (χ4n) is 2.76. The molecule has 1 aliphatic heterocycles. The molecule has 1 saturated heterocycles. The maximum Gasteiger partial charge on any atom is 0.421 e. The summed E-state index contributed by atoms with van der Waals surface area (Å²) in [5, 5.41) is 0. The number of benzene rings is 1. The minimum absolute atomic E-state index is 0.146. The monoisotopic (exact) mass is 382 g/mol. The van der Waals surface area contributed by atoms with Crippen LogP contribution >= 0.6 is 0 Å². The Kier molecular flexibility index (Phi) is 5.11. The van der Waals surface area contributed by atoms with Crippen molar-refractivity contribution in [1.82, 2.24) is 9.88 Å². The molecule has 9 heteroatoms. The first-order valence-electron chi connectivity index (χ1n) is 8.04. The van der Waals surface area contributed by atoms with Crippen molar-refractivity contribution in [2.75, 3.05) is 27.3 Å². The summed E-state index contributed by atoms with van der Waals surface area (Å²) in [5.41, 5.74) is -0.631. The van der Waals surface area contributed by atoms with Gasteiger partial charge in [0, 0.05) is 6.20 Å². The molecule has 1 aromatic heterocycles. The zero-order valence-electron chi connectivity index (χ0n) is 14.6. The highest BCUT2D eigenvalue weighted by molar-refractivity contribution is 5.98. The Morgan fingerprint density at radius 1 is 1.15 bits per heavy atom. The summed E-state index contributed by atoms with van der Waals surface area (Å²) in [6, 6.07) is 7.02. The summed E-state index contributed by atoms with van der Waals surface area (Å²) in [7, 11) is 2.89. The van der Waals surface area contributed by atoms with E-state index in [0.29, 0.717) is 17.1 Å². The van der Waals surface area contributed by atoms with Crippen molar-refractivity contribution < 1.29 is 32.2 Å². The van der Waals surface area contributed by atoms with Crippen LogP contribution in [0.2, 0.25) is 0 Å². The number of rotatable bonds is 5. The van der Waals surface area contributed by atoms with Gasteiger partial charge in [0.15, 0.2) is 11.5 Å². The molecular formula is C18H17F3N2O4. The molecule has 3 rings (SSSR count). The molecule has 144 valence electrons. The highest BCUT2D eigenvalue weighted by Gasteiger charge is 2.39. The van der Waals surface area contributed by atoms with Crippen LogP contribution in [0.4, 0.5) is 13.2 Å². The molecule has 0 radical (unpaired) electrons. The van der Waals surface area contributed by atoms with E-state index in [1.54, 1.807) is 18.2 Å². The van der Waals surface area contributed by atoms with Gasteiger partial charge in [-0.05, 0) is 24.3 Å². The molecule has 1 fully saturated rings. The molecule has 0 bridgehead atoms. The zero-order valence-corrected chi connectivity index (χ0v) is 14.6. The van der Waals surface area contributed by atoms with Gasteiger partial charge < -0.3 is 19.1 Å². The molecule has 1 amide bonds. The van der Waals surface area contributed by atoms with Crippen LogP contribution in [0.1, 0.15) is 15.9 Å². The third-order valence-electron chi connectivity index (χ3n) is 4.12. The van der Waals surface area contributed by atoms with E-state index in [1.807, 2.05) is 0 Å². The number of carbonyl (C=O) groups is 1. The first-order chi connectivity index (χ1) is 12.8. The van der Waals surface area contributed by atoms with E-state index in [4.69, 9.17) is 14.2 Å². The molecule has 0 spiro atoms. The Labute approximate surface area is 153 Å². The lowest BCUT2D eigenvalue weighted by atomic mass is 10.1. The van der Waals surface area contributed by atoms with Gasteiger partial charge in [-0.3, -0.25) is 4.79 Å². The van der Waals surface area contributed by atoms with E-state index < -0.39 is 23.7 Å². The molecule has 1 aliphatic rings. The predicted octanol–water partition coefficient (Wildman–Crippen LogP) is 3.02. The second-order valence-electron chi connectivity index (χ2n) is 5.84. The number of carbonyl (C=O) groups excluding carboxylic acids is 1. The number of nitrogens with zero attached hydrogens (tertiary/aromatic N) is 2. The van der Waals surface area contributed by atoms with Crippen molar-refractivity contribution >= 4 is 5.91 Å². The second kappa shape index (κ2) is 7.34. The maximum absolute atomic E-state index is 13.0. The van der Waals surface area contributed by atoms with Crippen LogP contribution < -0.4 is 14.2 Å². The normalized spacial score (nSPS) is 14.5. The zero-order chi connectivity index (χ0) is 19.6. The number of hydrogen-bond donors (Lipinski definition) is 0. The number of alkyl halides is 3. The number of aromatic nitrogens is 1. The van der Waals surface area contributed by atoms with Gasteiger partial charge in [0.05, 0.1) is 32.9 Å². The third-order valence-corrected chi connectivity index (χ3v) is 4.12. The van der Waals surface area contributed by atoms with Gasteiger partial charge in [0.25, 0.3) is 5.91 Å². The Bertz CT molecular complexity index is 836. The standard InChI is InChI=1S/C18H17F3N2O4/c1-25-14-7-3-5-12(15(14)26-2)17(24)23-9-11(10-23)27-16-13(18(19,20)21)6-4-8-22-16/h3-8,11H,9-10H2,1-2H3. The number of halogens is 3. The van der Waals surface area contributed by atoms with Crippen LogP contribution in [-0.4, -0.2) is 49.2 Å². The van der Waals surface area contributed by atoms with Crippen molar-refractivity contribution in [2.45, 2.75) is 12.3 Å². The van der Waals surface area contributed by atoms with Crippen molar-refractivity contribution in [1.29, 1.82) is 0 Å². The molecule has 0 atom stereocenters. The lowest BCUT2D eigenvalue weighted by Gasteiger charge is -2.39. The minimum Gasteiger partial charge on any atom is -0.493 e. The first kappa shape index (κ1) is 18.8. The van der Waals surface area contributed by atoms with Crippen molar-refractivity contribution in [3.8, 4) is 17.4 Å². The smallest absolute Gasteiger partial charge is 0.421 e. The summed E-state index contributed by atoms with van der Waals surface area (Å²) >= 11 is 0. The summed E-state index contributed by atoms with van der Waals surface area (Å²) in [4.78, 5) is 17.8. The highest BCUT2D eigenvalue weighted by atomic mass is 19.4. The predicted molar refractivity (Wildman–Crippen MR) is 89.1 cm³/mol. The number of ether oxygens (including phenoxy) is 3. The van der Waals surface area contributed by atoms with Gasteiger partial charge in [0.1, 0.15) is 11.7 Å². The molecule has 0 unspecified atom stereocenters. The number of para-hydroxylation sites is 1. The number of likely N-dealkylation sites (tertiary alicyclic amines) is 1. The van der Waals surface area contributed by atoms with Crippen LogP contribution in [0.3, 0.4) is 0 Å². The van der Waals surface area contributed by atoms with E-state index in [1.165, 1.54) is 31.4 Å². The quantitative estimate of drug-likeness (QED) is 0.796. The Morgan fingerprint density at radius 3 is 2.52 bits per heavy atom. The molecule has 2 aromatic rings. The van der Waals surface area contributed by atoms with Gasteiger partial charge in [-0.1, -0.05) is 6.07 Å². The fraction of sp³-hybridized carbons (Fsp3) is 0.333. The van der Waals surface area contributed by atoms with Crippen molar-refractivity contribution in [3.63, 3.8) is 0 Å². The second-order valence-corrected chi connectivity index (χ2v) is 5.84. The molecule has 0 aliphatic carbocycles. The molecule has 2 heterocycles. The number of methoxy groups -OCH3 is 2. The summed E-state index contributed by atoms with van der Waals surface area (Å²) in [6.07, 6.45) is -3.90. The summed E-state index contributed by atoms with van der Waals surface area (Å²) in [5.74, 6) is -0.0813.